The molecule has 19 heavy (non-hydrogen) atoms. The maximum Gasteiger partial charge on any atom is 0.178 e. The highest BCUT2D eigenvalue weighted by Gasteiger charge is 2.26. The molecule has 2 unspecified atom stereocenters. The van der Waals surface area contributed by atoms with Crippen molar-refractivity contribution in [1.82, 2.24) is 9.47 Å². The zero-order valence-corrected chi connectivity index (χ0v) is 12.3. The van der Waals surface area contributed by atoms with Crippen molar-refractivity contribution in [3.05, 3.63) is 23.0 Å². The topological polar surface area (TPSA) is 45.5 Å². The number of aryl methyl sites for hydroxylation is 1. The zero-order chi connectivity index (χ0) is 14.2. The number of carbonyl (C=O) groups excluding carboxylic acids is 1. The van der Waals surface area contributed by atoms with Crippen molar-refractivity contribution >= 4 is 5.78 Å². The van der Waals surface area contributed by atoms with E-state index in [1.165, 1.54) is 0 Å². The Kier molecular flexibility index (Phi) is 4.11. The fourth-order valence-electron chi connectivity index (χ4n) is 2.79. The molecule has 106 valence electrons. The number of aromatic nitrogens is 1. The molecular weight excluding hydrogens is 240 g/mol. The molecule has 4 heteroatoms. The van der Waals surface area contributed by atoms with E-state index in [9.17, 15) is 9.90 Å². The van der Waals surface area contributed by atoms with E-state index in [0.717, 1.165) is 36.5 Å². The summed E-state index contributed by atoms with van der Waals surface area (Å²) < 4.78 is 2.05. The highest BCUT2D eigenvalue weighted by Crippen LogP contribution is 2.18. The second kappa shape index (κ2) is 5.47. The standard InChI is InChI=1S/C15H24N2O2/c1-10-8-17(6-5-14(10)18)9-15(19)13-7-11(2)16(4)12(13)3/h7,10,14,18H,5-6,8-9H2,1-4H3. The van der Waals surface area contributed by atoms with Crippen LogP contribution in [0.3, 0.4) is 0 Å². The van der Waals surface area contributed by atoms with Crippen molar-refractivity contribution in [1.29, 1.82) is 0 Å². The molecule has 2 atom stereocenters. The molecule has 2 heterocycles. The number of aliphatic hydroxyl groups excluding tert-OH is 1. The van der Waals surface area contributed by atoms with Gasteiger partial charge in [-0.3, -0.25) is 9.69 Å². The summed E-state index contributed by atoms with van der Waals surface area (Å²) in [4.78, 5) is 14.5. The van der Waals surface area contributed by atoms with Crippen LogP contribution in [0.4, 0.5) is 0 Å². The Hall–Kier alpha value is -1.13. The third-order valence-corrected chi connectivity index (χ3v) is 4.39. The van der Waals surface area contributed by atoms with Gasteiger partial charge in [0, 0.05) is 37.1 Å². The highest BCUT2D eigenvalue weighted by atomic mass is 16.3. The van der Waals surface area contributed by atoms with E-state index >= 15 is 0 Å². The molecule has 1 aliphatic heterocycles. The molecule has 2 rings (SSSR count). The van der Waals surface area contributed by atoms with Crippen molar-refractivity contribution in [3.8, 4) is 0 Å². The molecule has 1 aromatic rings. The van der Waals surface area contributed by atoms with E-state index in [-0.39, 0.29) is 17.8 Å². The van der Waals surface area contributed by atoms with Crippen LogP contribution in [0, 0.1) is 19.8 Å². The number of hydrogen-bond acceptors (Lipinski definition) is 3. The van der Waals surface area contributed by atoms with Gasteiger partial charge in [0.15, 0.2) is 5.78 Å². The first-order chi connectivity index (χ1) is 8.90. The smallest absolute Gasteiger partial charge is 0.178 e. The molecule has 0 amide bonds. The predicted octanol–water partition coefficient (Wildman–Crippen LogP) is 1.53. The molecule has 0 aliphatic carbocycles. The van der Waals surface area contributed by atoms with Gasteiger partial charge in [-0.15, -0.1) is 0 Å². The number of aliphatic hydroxyl groups is 1. The van der Waals surface area contributed by atoms with E-state index in [1.807, 2.05) is 33.9 Å². The van der Waals surface area contributed by atoms with Gasteiger partial charge in [0.25, 0.3) is 0 Å². The molecule has 4 nitrogen and oxygen atoms in total. The van der Waals surface area contributed by atoms with E-state index in [0.29, 0.717) is 6.54 Å². The Balaban J connectivity index is 2.03. The Morgan fingerprint density at radius 3 is 2.68 bits per heavy atom. The van der Waals surface area contributed by atoms with Gasteiger partial charge < -0.3 is 9.67 Å². The summed E-state index contributed by atoms with van der Waals surface area (Å²) in [6.45, 7) is 8.12. The van der Waals surface area contributed by atoms with E-state index < -0.39 is 0 Å². The van der Waals surface area contributed by atoms with Crippen molar-refractivity contribution < 1.29 is 9.90 Å². The monoisotopic (exact) mass is 264 g/mol. The summed E-state index contributed by atoms with van der Waals surface area (Å²) in [5.74, 6) is 0.435. The summed E-state index contributed by atoms with van der Waals surface area (Å²) in [5.41, 5.74) is 2.98. The van der Waals surface area contributed by atoms with Gasteiger partial charge in [-0.05, 0) is 32.3 Å². The second-order valence-electron chi connectivity index (χ2n) is 5.84. The minimum Gasteiger partial charge on any atom is -0.393 e. The number of hydrogen-bond donors (Lipinski definition) is 1. The molecule has 0 bridgehead atoms. The first-order valence-corrected chi connectivity index (χ1v) is 6.96. The lowest BCUT2D eigenvalue weighted by Crippen LogP contribution is -2.44. The van der Waals surface area contributed by atoms with Crippen molar-refractivity contribution in [2.45, 2.75) is 33.3 Å². The van der Waals surface area contributed by atoms with Gasteiger partial charge in [-0.2, -0.15) is 0 Å². The number of Topliss-reactive ketones (excluding diaryl/α,β-unsaturated/α-hetero) is 1. The predicted molar refractivity (Wildman–Crippen MR) is 75.4 cm³/mol. The van der Waals surface area contributed by atoms with Crippen LogP contribution < -0.4 is 0 Å². The number of nitrogens with zero attached hydrogens (tertiary/aromatic N) is 2. The average Bonchev–Trinajstić information content (AvgIpc) is 2.62. The largest absolute Gasteiger partial charge is 0.393 e. The molecule has 0 aromatic carbocycles. The maximum absolute atomic E-state index is 12.4. The Morgan fingerprint density at radius 1 is 1.47 bits per heavy atom. The summed E-state index contributed by atoms with van der Waals surface area (Å²) in [5, 5.41) is 9.72. The maximum atomic E-state index is 12.4. The average molecular weight is 264 g/mol. The third kappa shape index (κ3) is 2.90. The number of piperidine rings is 1. The van der Waals surface area contributed by atoms with Gasteiger partial charge in [0.05, 0.1) is 12.6 Å². The lowest BCUT2D eigenvalue weighted by Gasteiger charge is -2.33. The number of rotatable bonds is 3. The van der Waals surface area contributed by atoms with Crippen molar-refractivity contribution in [2.24, 2.45) is 13.0 Å². The summed E-state index contributed by atoms with van der Waals surface area (Å²) in [7, 11) is 1.99. The lowest BCUT2D eigenvalue weighted by atomic mass is 9.96. The fourth-order valence-corrected chi connectivity index (χ4v) is 2.79. The Morgan fingerprint density at radius 2 is 2.16 bits per heavy atom. The molecule has 0 spiro atoms. The number of likely N-dealkylation sites (tertiary alicyclic amines) is 1. The van der Waals surface area contributed by atoms with E-state index in [4.69, 9.17) is 0 Å². The van der Waals surface area contributed by atoms with Gasteiger partial charge in [0.1, 0.15) is 0 Å². The summed E-state index contributed by atoms with van der Waals surface area (Å²) in [6.07, 6.45) is 0.549. The van der Waals surface area contributed by atoms with Crippen LogP contribution >= 0.6 is 0 Å². The van der Waals surface area contributed by atoms with Crippen LogP contribution in [-0.4, -0.2) is 46.1 Å². The van der Waals surface area contributed by atoms with Crippen molar-refractivity contribution in [3.63, 3.8) is 0 Å². The second-order valence-corrected chi connectivity index (χ2v) is 5.84. The van der Waals surface area contributed by atoms with Gasteiger partial charge in [-0.1, -0.05) is 6.92 Å². The summed E-state index contributed by atoms with van der Waals surface area (Å²) >= 11 is 0. The van der Waals surface area contributed by atoms with E-state index in [2.05, 4.69) is 9.47 Å². The third-order valence-electron chi connectivity index (χ3n) is 4.39. The molecule has 1 aliphatic rings. The minimum absolute atomic E-state index is 0.185. The van der Waals surface area contributed by atoms with Crippen LogP contribution in [0.25, 0.3) is 0 Å². The van der Waals surface area contributed by atoms with Crippen LogP contribution in [-0.2, 0) is 7.05 Å². The minimum atomic E-state index is -0.216. The number of carbonyl (C=O) groups is 1. The lowest BCUT2D eigenvalue weighted by molar-refractivity contribution is 0.0344. The van der Waals surface area contributed by atoms with Crippen LogP contribution in [0.2, 0.25) is 0 Å². The summed E-state index contributed by atoms with van der Waals surface area (Å²) in [6, 6.07) is 1.97. The SMILES string of the molecule is Cc1cc(C(=O)CN2CCC(O)C(C)C2)c(C)n1C. The van der Waals surface area contributed by atoms with Gasteiger partial charge >= 0.3 is 0 Å². The van der Waals surface area contributed by atoms with Gasteiger partial charge in [0.2, 0.25) is 0 Å². The molecular formula is C15H24N2O2. The number of ketones is 1. The molecule has 0 saturated carbocycles. The highest BCUT2D eigenvalue weighted by molar-refractivity contribution is 5.99. The molecule has 0 radical (unpaired) electrons. The molecule has 1 saturated heterocycles. The molecule has 1 N–H and O–H groups in total. The molecule has 1 aromatic heterocycles. The van der Waals surface area contributed by atoms with Crippen LogP contribution in [0.1, 0.15) is 35.1 Å². The van der Waals surface area contributed by atoms with Crippen LogP contribution in [0.15, 0.2) is 6.07 Å². The molecule has 1 fully saturated rings. The fraction of sp³-hybridized carbons (Fsp3) is 0.667. The zero-order valence-electron chi connectivity index (χ0n) is 12.3. The van der Waals surface area contributed by atoms with Crippen LogP contribution in [0.5, 0.6) is 0 Å². The normalized spacial score (nSPS) is 24.7. The van der Waals surface area contributed by atoms with Crippen molar-refractivity contribution in [2.75, 3.05) is 19.6 Å². The first kappa shape index (κ1) is 14.3. The van der Waals surface area contributed by atoms with E-state index in [1.54, 1.807) is 0 Å². The quantitative estimate of drug-likeness (QED) is 0.842. The van der Waals surface area contributed by atoms with Gasteiger partial charge in [-0.25, -0.2) is 0 Å². The first-order valence-electron chi connectivity index (χ1n) is 6.96. The Bertz CT molecular complexity index is 479. The Labute approximate surface area is 115 Å².